The Balaban J connectivity index is 2.79. The van der Waals surface area contributed by atoms with Crippen LogP contribution in [0.4, 0.5) is 5.95 Å². The van der Waals surface area contributed by atoms with Gasteiger partial charge in [0, 0.05) is 31.5 Å². The molecule has 4 heteroatoms. The van der Waals surface area contributed by atoms with Gasteiger partial charge in [0.2, 0.25) is 5.95 Å². The van der Waals surface area contributed by atoms with Crippen LogP contribution in [0.15, 0.2) is 12.4 Å². The lowest BCUT2D eigenvalue weighted by atomic mass is 10.0. The summed E-state index contributed by atoms with van der Waals surface area (Å²) in [7, 11) is 4.26. The van der Waals surface area contributed by atoms with Crippen LogP contribution in [0.3, 0.4) is 0 Å². The molecule has 18 heavy (non-hydrogen) atoms. The van der Waals surface area contributed by atoms with E-state index in [9.17, 15) is 0 Å². The Hall–Kier alpha value is -1.03. The molecule has 1 aromatic heterocycles. The number of aromatic nitrogens is 2. The van der Waals surface area contributed by atoms with Crippen LogP contribution >= 0.6 is 0 Å². The highest BCUT2D eigenvalue weighted by Crippen LogP contribution is 2.22. The minimum atomic E-state index is 0.488. The van der Waals surface area contributed by atoms with E-state index in [0.717, 1.165) is 25.5 Å². The molecule has 1 unspecified atom stereocenters. The van der Waals surface area contributed by atoms with E-state index in [-0.39, 0.29) is 0 Å². The van der Waals surface area contributed by atoms with Crippen LogP contribution in [0.25, 0.3) is 0 Å². The maximum atomic E-state index is 4.42. The first kappa shape index (κ1) is 15.0. The standard InChI is InChI=1S/C14H28N4/c1-6-7-15-14-16-8-9-18(14)13(10-12(2)3)11-17(4)5/h8-9,12-13H,6-7,10-11H2,1-5H3,(H,15,16). The summed E-state index contributed by atoms with van der Waals surface area (Å²) >= 11 is 0. The third kappa shape index (κ3) is 4.69. The van der Waals surface area contributed by atoms with Crippen LogP contribution < -0.4 is 5.32 Å². The molecule has 0 fully saturated rings. The minimum absolute atomic E-state index is 0.488. The first-order valence-electron chi connectivity index (χ1n) is 6.96. The number of likely N-dealkylation sites (N-methyl/N-ethyl adjacent to an activating group) is 1. The van der Waals surface area contributed by atoms with E-state index in [4.69, 9.17) is 0 Å². The summed E-state index contributed by atoms with van der Waals surface area (Å²) in [5, 5.41) is 3.40. The van der Waals surface area contributed by atoms with Gasteiger partial charge in [0.1, 0.15) is 0 Å². The molecule has 0 saturated carbocycles. The molecule has 1 N–H and O–H groups in total. The molecule has 0 aliphatic heterocycles. The number of anilines is 1. The molecule has 4 nitrogen and oxygen atoms in total. The average Bonchev–Trinajstić information content (AvgIpc) is 2.72. The predicted octanol–water partition coefficient (Wildman–Crippen LogP) is 2.85. The van der Waals surface area contributed by atoms with Gasteiger partial charge in [-0.1, -0.05) is 20.8 Å². The molecular weight excluding hydrogens is 224 g/mol. The quantitative estimate of drug-likeness (QED) is 0.772. The molecule has 0 radical (unpaired) electrons. The molecule has 1 rings (SSSR count). The Morgan fingerprint density at radius 3 is 2.67 bits per heavy atom. The van der Waals surface area contributed by atoms with Crippen molar-refractivity contribution in [2.45, 2.75) is 39.7 Å². The summed E-state index contributed by atoms with van der Waals surface area (Å²) in [6.45, 7) is 8.76. The Morgan fingerprint density at radius 2 is 2.11 bits per heavy atom. The van der Waals surface area contributed by atoms with Gasteiger partial charge in [0.05, 0.1) is 0 Å². The van der Waals surface area contributed by atoms with Crippen molar-refractivity contribution in [1.82, 2.24) is 14.5 Å². The molecule has 0 aliphatic carbocycles. The van der Waals surface area contributed by atoms with E-state index in [1.807, 2.05) is 6.20 Å². The molecule has 0 saturated heterocycles. The first-order chi connectivity index (χ1) is 8.54. The van der Waals surface area contributed by atoms with Crippen molar-refractivity contribution in [3.05, 3.63) is 12.4 Å². The molecule has 0 spiro atoms. The van der Waals surface area contributed by atoms with Crippen LogP contribution in [0.5, 0.6) is 0 Å². The highest BCUT2D eigenvalue weighted by molar-refractivity contribution is 5.26. The van der Waals surface area contributed by atoms with Gasteiger partial charge in [-0.15, -0.1) is 0 Å². The third-order valence-corrected chi connectivity index (χ3v) is 2.91. The zero-order valence-corrected chi connectivity index (χ0v) is 12.5. The zero-order chi connectivity index (χ0) is 13.5. The summed E-state index contributed by atoms with van der Waals surface area (Å²) in [5.41, 5.74) is 0. The largest absolute Gasteiger partial charge is 0.356 e. The molecule has 1 aromatic rings. The van der Waals surface area contributed by atoms with Gasteiger partial charge >= 0.3 is 0 Å². The van der Waals surface area contributed by atoms with Crippen molar-refractivity contribution >= 4 is 5.95 Å². The van der Waals surface area contributed by atoms with E-state index in [0.29, 0.717) is 12.0 Å². The molecule has 1 heterocycles. The van der Waals surface area contributed by atoms with Crippen molar-refractivity contribution in [3.8, 4) is 0 Å². The number of imidazole rings is 1. The van der Waals surface area contributed by atoms with Gasteiger partial charge < -0.3 is 14.8 Å². The van der Waals surface area contributed by atoms with Crippen molar-refractivity contribution < 1.29 is 0 Å². The molecule has 1 atom stereocenters. The molecule has 0 amide bonds. The monoisotopic (exact) mass is 252 g/mol. The van der Waals surface area contributed by atoms with Crippen molar-refractivity contribution in [2.75, 3.05) is 32.5 Å². The number of nitrogens with zero attached hydrogens (tertiary/aromatic N) is 3. The molecular formula is C14H28N4. The maximum absolute atomic E-state index is 4.42. The Morgan fingerprint density at radius 1 is 1.39 bits per heavy atom. The highest BCUT2D eigenvalue weighted by Gasteiger charge is 2.16. The van der Waals surface area contributed by atoms with Gasteiger partial charge in [0.15, 0.2) is 0 Å². The Kier molecular flexibility index (Phi) is 6.19. The van der Waals surface area contributed by atoms with Gasteiger partial charge in [0.25, 0.3) is 0 Å². The summed E-state index contributed by atoms with van der Waals surface area (Å²) in [4.78, 5) is 6.67. The number of nitrogens with one attached hydrogen (secondary N) is 1. The van der Waals surface area contributed by atoms with E-state index in [2.05, 4.69) is 60.8 Å². The average molecular weight is 252 g/mol. The van der Waals surface area contributed by atoms with E-state index in [1.165, 1.54) is 6.42 Å². The van der Waals surface area contributed by atoms with Crippen molar-refractivity contribution in [2.24, 2.45) is 5.92 Å². The second-order valence-corrected chi connectivity index (χ2v) is 5.63. The van der Waals surface area contributed by atoms with Gasteiger partial charge in [-0.25, -0.2) is 4.98 Å². The zero-order valence-electron chi connectivity index (χ0n) is 12.5. The first-order valence-corrected chi connectivity index (χ1v) is 6.96. The lowest BCUT2D eigenvalue weighted by Gasteiger charge is -2.25. The maximum Gasteiger partial charge on any atom is 0.203 e. The number of hydrogen-bond donors (Lipinski definition) is 1. The van der Waals surface area contributed by atoms with E-state index in [1.54, 1.807) is 0 Å². The molecule has 104 valence electrons. The smallest absolute Gasteiger partial charge is 0.203 e. The summed E-state index contributed by atoms with van der Waals surface area (Å²) in [5.74, 6) is 1.70. The van der Waals surface area contributed by atoms with Crippen molar-refractivity contribution in [1.29, 1.82) is 0 Å². The lowest BCUT2D eigenvalue weighted by Crippen LogP contribution is -2.26. The second kappa shape index (κ2) is 7.41. The second-order valence-electron chi connectivity index (χ2n) is 5.63. The summed E-state index contributed by atoms with van der Waals surface area (Å²) in [6, 6.07) is 0.488. The number of rotatable bonds is 8. The molecule has 0 aliphatic rings. The third-order valence-electron chi connectivity index (χ3n) is 2.91. The topological polar surface area (TPSA) is 33.1 Å². The van der Waals surface area contributed by atoms with Crippen LogP contribution in [-0.4, -0.2) is 41.6 Å². The SMILES string of the molecule is CCCNc1nccn1C(CC(C)C)CN(C)C. The molecule has 0 aromatic carbocycles. The Bertz CT molecular complexity index is 320. The van der Waals surface area contributed by atoms with Crippen LogP contribution in [0, 0.1) is 5.92 Å². The molecule has 0 bridgehead atoms. The fraction of sp³-hybridized carbons (Fsp3) is 0.786. The predicted molar refractivity (Wildman–Crippen MR) is 78.1 cm³/mol. The van der Waals surface area contributed by atoms with E-state index >= 15 is 0 Å². The van der Waals surface area contributed by atoms with Crippen LogP contribution in [0.2, 0.25) is 0 Å². The van der Waals surface area contributed by atoms with Crippen molar-refractivity contribution in [3.63, 3.8) is 0 Å². The highest BCUT2D eigenvalue weighted by atomic mass is 15.2. The Labute approximate surface area is 111 Å². The van der Waals surface area contributed by atoms with Gasteiger partial charge in [-0.3, -0.25) is 0 Å². The van der Waals surface area contributed by atoms with Crippen LogP contribution in [-0.2, 0) is 0 Å². The van der Waals surface area contributed by atoms with Gasteiger partial charge in [-0.2, -0.15) is 0 Å². The fourth-order valence-corrected chi connectivity index (χ4v) is 2.22. The summed E-state index contributed by atoms with van der Waals surface area (Å²) in [6.07, 6.45) is 6.28. The number of hydrogen-bond acceptors (Lipinski definition) is 3. The van der Waals surface area contributed by atoms with E-state index < -0.39 is 0 Å². The fourth-order valence-electron chi connectivity index (χ4n) is 2.22. The van der Waals surface area contributed by atoms with Crippen LogP contribution in [0.1, 0.15) is 39.7 Å². The summed E-state index contributed by atoms with van der Waals surface area (Å²) < 4.78 is 2.29. The van der Waals surface area contributed by atoms with Gasteiger partial charge in [-0.05, 0) is 32.9 Å². The normalized spacial score (nSPS) is 13.3. The lowest BCUT2D eigenvalue weighted by molar-refractivity contribution is 0.290. The minimum Gasteiger partial charge on any atom is -0.356 e.